The Hall–Kier alpha value is -1.73. The molecule has 3 N–H and O–H groups in total. The lowest BCUT2D eigenvalue weighted by Gasteiger charge is -2.15. The van der Waals surface area contributed by atoms with Crippen molar-refractivity contribution >= 4 is 23.8 Å². The maximum atomic E-state index is 11.5. The van der Waals surface area contributed by atoms with Crippen LogP contribution < -0.4 is 5.32 Å². The van der Waals surface area contributed by atoms with Crippen LogP contribution in [0.4, 0.5) is 4.79 Å². The van der Waals surface area contributed by atoms with Crippen LogP contribution in [0.2, 0.25) is 0 Å². The number of thioether (sulfide) groups is 1. The van der Waals surface area contributed by atoms with E-state index in [1.54, 1.807) is 12.1 Å². The molecule has 1 unspecified atom stereocenters. The summed E-state index contributed by atoms with van der Waals surface area (Å²) in [5.74, 6) is -1.11. The van der Waals surface area contributed by atoms with Gasteiger partial charge in [-0.3, -0.25) is 0 Å². The molecule has 1 aromatic carbocycles. The predicted molar refractivity (Wildman–Crippen MR) is 75.3 cm³/mol. The molecule has 20 heavy (non-hydrogen) atoms. The van der Waals surface area contributed by atoms with Crippen molar-refractivity contribution < 1.29 is 24.5 Å². The fourth-order valence-corrected chi connectivity index (χ4v) is 2.01. The Kier molecular flexibility index (Phi) is 6.89. The second-order valence-corrected chi connectivity index (χ2v) is 5.38. The number of hydrogen-bond acceptors (Lipinski definition) is 5. The van der Waals surface area contributed by atoms with Gasteiger partial charge in [0.25, 0.3) is 0 Å². The third kappa shape index (κ3) is 6.44. The van der Waals surface area contributed by atoms with E-state index in [-0.39, 0.29) is 12.4 Å². The zero-order valence-electron chi connectivity index (χ0n) is 11.0. The van der Waals surface area contributed by atoms with E-state index >= 15 is 0 Å². The third-order valence-electron chi connectivity index (χ3n) is 2.31. The van der Waals surface area contributed by atoms with Gasteiger partial charge in [-0.15, -0.1) is 11.8 Å². The Morgan fingerprint density at radius 3 is 2.55 bits per heavy atom. The van der Waals surface area contributed by atoms with Gasteiger partial charge in [-0.2, -0.15) is 0 Å². The van der Waals surface area contributed by atoms with Gasteiger partial charge in [-0.25, -0.2) is 9.59 Å². The normalized spacial score (nSPS) is 13.3. The van der Waals surface area contributed by atoms with Crippen LogP contribution in [0.3, 0.4) is 0 Å². The molecule has 0 fully saturated rings. The van der Waals surface area contributed by atoms with Crippen LogP contribution in [0, 0.1) is 0 Å². The van der Waals surface area contributed by atoms with Crippen LogP contribution in [-0.4, -0.2) is 39.5 Å². The number of nitrogens with one attached hydrogen (secondary N) is 1. The number of aliphatic hydroxyl groups is 1. The van der Waals surface area contributed by atoms with Gasteiger partial charge in [0.05, 0.1) is 5.44 Å². The SMILES string of the molecule is C[C@@H](O)SCC(NC(=O)OCc1ccccc1)C(=O)O. The number of rotatable bonds is 7. The number of benzene rings is 1. The quantitative estimate of drug-likeness (QED) is 0.659. The van der Waals surface area contributed by atoms with Crippen LogP contribution in [0.1, 0.15) is 12.5 Å². The van der Waals surface area contributed by atoms with Crippen molar-refractivity contribution in [1.29, 1.82) is 0 Å². The summed E-state index contributed by atoms with van der Waals surface area (Å²) < 4.78 is 4.93. The first-order valence-electron chi connectivity index (χ1n) is 5.98. The first kappa shape index (κ1) is 16.3. The summed E-state index contributed by atoms with van der Waals surface area (Å²) in [4.78, 5) is 22.5. The second-order valence-electron chi connectivity index (χ2n) is 4.03. The smallest absolute Gasteiger partial charge is 0.408 e. The average molecular weight is 299 g/mol. The van der Waals surface area contributed by atoms with E-state index in [1.807, 2.05) is 18.2 Å². The maximum absolute atomic E-state index is 11.5. The van der Waals surface area contributed by atoms with Gasteiger partial charge in [-0.05, 0) is 12.5 Å². The number of aliphatic carboxylic acids is 1. The molecule has 0 aliphatic carbocycles. The molecule has 1 aromatic rings. The topological polar surface area (TPSA) is 95.9 Å². The minimum Gasteiger partial charge on any atom is -0.480 e. The fraction of sp³-hybridized carbons (Fsp3) is 0.385. The zero-order valence-corrected chi connectivity index (χ0v) is 11.8. The minimum atomic E-state index is -1.17. The monoisotopic (exact) mass is 299 g/mol. The Morgan fingerprint density at radius 1 is 1.35 bits per heavy atom. The van der Waals surface area contributed by atoms with Crippen molar-refractivity contribution in [2.75, 3.05) is 5.75 Å². The molecule has 110 valence electrons. The Bertz CT molecular complexity index is 438. The molecule has 0 aliphatic heterocycles. The molecule has 1 rings (SSSR count). The lowest BCUT2D eigenvalue weighted by atomic mass is 10.2. The summed E-state index contributed by atoms with van der Waals surface area (Å²) in [6.07, 6.45) is -0.799. The first-order valence-corrected chi connectivity index (χ1v) is 7.03. The van der Waals surface area contributed by atoms with Crippen molar-refractivity contribution in [1.82, 2.24) is 5.32 Å². The van der Waals surface area contributed by atoms with Crippen LogP contribution in [0.15, 0.2) is 30.3 Å². The molecule has 7 heteroatoms. The van der Waals surface area contributed by atoms with Gasteiger partial charge in [0.1, 0.15) is 12.6 Å². The van der Waals surface area contributed by atoms with Gasteiger partial charge in [-0.1, -0.05) is 30.3 Å². The summed E-state index contributed by atoms with van der Waals surface area (Å²) >= 11 is 1.03. The molecule has 0 aliphatic rings. The number of alkyl carbamates (subject to hydrolysis) is 1. The van der Waals surface area contributed by atoms with Crippen LogP contribution in [0.5, 0.6) is 0 Å². The molecule has 0 bridgehead atoms. The highest BCUT2D eigenvalue weighted by Crippen LogP contribution is 2.09. The summed E-state index contributed by atoms with van der Waals surface area (Å²) in [5, 5.41) is 20.3. The van der Waals surface area contributed by atoms with Gasteiger partial charge < -0.3 is 20.3 Å². The lowest BCUT2D eigenvalue weighted by Crippen LogP contribution is -2.43. The van der Waals surface area contributed by atoms with Gasteiger partial charge in [0.15, 0.2) is 0 Å². The molecule has 0 spiro atoms. The van der Waals surface area contributed by atoms with Crippen molar-refractivity contribution in [2.45, 2.75) is 25.0 Å². The zero-order chi connectivity index (χ0) is 15.0. The third-order valence-corrected chi connectivity index (χ3v) is 3.32. The van der Waals surface area contributed by atoms with Gasteiger partial charge in [0.2, 0.25) is 0 Å². The number of hydrogen-bond donors (Lipinski definition) is 3. The maximum Gasteiger partial charge on any atom is 0.408 e. The number of ether oxygens (including phenoxy) is 1. The largest absolute Gasteiger partial charge is 0.480 e. The van der Waals surface area contributed by atoms with Crippen LogP contribution in [-0.2, 0) is 16.1 Å². The number of carbonyl (C=O) groups excluding carboxylic acids is 1. The standard InChI is InChI=1S/C13H17NO5S/c1-9(15)20-8-11(12(16)17)14-13(18)19-7-10-5-3-2-4-6-10/h2-6,9,11,15H,7-8H2,1H3,(H,14,18)(H,16,17)/t9-,11?/m0/s1. The van der Waals surface area contributed by atoms with E-state index in [0.29, 0.717) is 0 Å². The van der Waals surface area contributed by atoms with E-state index in [1.165, 1.54) is 6.92 Å². The van der Waals surface area contributed by atoms with E-state index in [4.69, 9.17) is 14.9 Å². The van der Waals surface area contributed by atoms with Crippen LogP contribution in [0.25, 0.3) is 0 Å². The average Bonchev–Trinajstić information content (AvgIpc) is 2.41. The Morgan fingerprint density at radius 2 is 2.00 bits per heavy atom. The molecule has 0 radical (unpaired) electrons. The van der Waals surface area contributed by atoms with Crippen molar-refractivity contribution in [3.8, 4) is 0 Å². The van der Waals surface area contributed by atoms with E-state index in [9.17, 15) is 9.59 Å². The van der Waals surface area contributed by atoms with Crippen molar-refractivity contribution in [3.63, 3.8) is 0 Å². The predicted octanol–water partition coefficient (Wildman–Crippen LogP) is 1.44. The number of carboxylic acids is 1. The molecule has 0 saturated carbocycles. The highest BCUT2D eigenvalue weighted by molar-refractivity contribution is 7.99. The van der Waals surface area contributed by atoms with Crippen molar-refractivity contribution in [3.05, 3.63) is 35.9 Å². The molecule has 0 heterocycles. The van der Waals surface area contributed by atoms with E-state index in [2.05, 4.69) is 5.32 Å². The lowest BCUT2D eigenvalue weighted by molar-refractivity contribution is -0.138. The number of carboxylic acid groups (broad SMARTS) is 1. The van der Waals surface area contributed by atoms with E-state index < -0.39 is 23.5 Å². The number of carbonyl (C=O) groups is 2. The van der Waals surface area contributed by atoms with Gasteiger partial charge >= 0.3 is 12.1 Å². The first-order chi connectivity index (χ1) is 9.49. The second kappa shape index (κ2) is 8.44. The summed E-state index contributed by atoms with van der Waals surface area (Å²) in [6.45, 7) is 1.60. The fourth-order valence-electron chi connectivity index (χ4n) is 1.32. The molecule has 2 atom stereocenters. The molecule has 0 aromatic heterocycles. The Balaban J connectivity index is 2.40. The molecule has 6 nitrogen and oxygen atoms in total. The van der Waals surface area contributed by atoms with Crippen molar-refractivity contribution in [2.24, 2.45) is 0 Å². The van der Waals surface area contributed by atoms with Gasteiger partial charge in [0, 0.05) is 5.75 Å². The number of amides is 1. The van der Waals surface area contributed by atoms with Crippen LogP contribution >= 0.6 is 11.8 Å². The molecule has 0 saturated heterocycles. The highest BCUT2D eigenvalue weighted by Gasteiger charge is 2.21. The Labute approximate surface area is 121 Å². The highest BCUT2D eigenvalue weighted by atomic mass is 32.2. The minimum absolute atomic E-state index is 0.0629. The van der Waals surface area contributed by atoms with E-state index in [0.717, 1.165) is 17.3 Å². The summed E-state index contributed by atoms with van der Waals surface area (Å²) in [6, 6.07) is 7.97. The molecular weight excluding hydrogens is 282 g/mol. The number of aliphatic hydroxyl groups excluding tert-OH is 1. The molecular formula is C13H17NO5S. The summed E-state index contributed by atoms with van der Waals surface area (Å²) in [7, 11) is 0. The molecule has 1 amide bonds. The summed E-state index contributed by atoms with van der Waals surface area (Å²) in [5.41, 5.74) is 0.117.